The lowest BCUT2D eigenvalue weighted by Crippen LogP contribution is -2.47. The van der Waals surface area contributed by atoms with Crippen molar-refractivity contribution < 1.29 is 27.8 Å². The Labute approximate surface area is 268 Å². The average molecular weight is 638 g/mol. The SMILES string of the molecule is C[C@@H]1CN([C@@H](C)CO)C(=O)c2cc(NS(=O)(=O)c3ccccc3)ccc2O[C@@H](C)CCCCO[C@H]1CN(C)Cc1ccccc1. The molecule has 45 heavy (non-hydrogen) atoms. The van der Waals surface area contributed by atoms with Crippen LogP contribution in [-0.4, -0.2) is 80.8 Å². The quantitative estimate of drug-likeness (QED) is 0.323. The molecule has 0 aliphatic carbocycles. The summed E-state index contributed by atoms with van der Waals surface area (Å²) in [6, 6.07) is 22.6. The number of amides is 1. The molecule has 0 unspecified atom stereocenters. The van der Waals surface area contributed by atoms with Gasteiger partial charge in [0.15, 0.2) is 0 Å². The number of benzene rings is 3. The van der Waals surface area contributed by atoms with E-state index in [-0.39, 0.29) is 46.8 Å². The Hall–Kier alpha value is -3.44. The minimum Gasteiger partial charge on any atom is -0.490 e. The molecule has 0 fully saturated rings. The zero-order chi connectivity index (χ0) is 32.4. The Morgan fingerprint density at radius 3 is 2.40 bits per heavy atom. The van der Waals surface area contributed by atoms with Gasteiger partial charge in [0.1, 0.15) is 5.75 Å². The fourth-order valence-corrected chi connectivity index (χ4v) is 6.60. The van der Waals surface area contributed by atoms with E-state index >= 15 is 0 Å². The zero-order valence-electron chi connectivity index (χ0n) is 26.8. The van der Waals surface area contributed by atoms with Gasteiger partial charge in [-0.25, -0.2) is 8.42 Å². The van der Waals surface area contributed by atoms with Crippen LogP contribution in [0, 0.1) is 5.92 Å². The number of hydrogen-bond acceptors (Lipinski definition) is 7. The van der Waals surface area contributed by atoms with Gasteiger partial charge in [-0.2, -0.15) is 0 Å². The predicted molar refractivity (Wildman–Crippen MR) is 177 cm³/mol. The molecule has 0 saturated carbocycles. The number of hydrogen-bond donors (Lipinski definition) is 2. The van der Waals surface area contributed by atoms with Crippen molar-refractivity contribution in [2.75, 3.05) is 38.1 Å². The molecule has 4 rings (SSSR count). The maximum Gasteiger partial charge on any atom is 0.261 e. The molecular formula is C35H47N3O6S. The molecule has 0 aromatic heterocycles. The van der Waals surface area contributed by atoms with Gasteiger partial charge in [0.25, 0.3) is 15.9 Å². The fraction of sp³-hybridized carbons (Fsp3) is 0.457. The molecule has 9 nitrogen and oxygen atoms in total. The molecule has 1 aliphatic rings. The summed E-state index contributed by atoms with van der Waals surface area (Å²) in [5.41, 5.74) is 1.69. The van der Waals surface area contributed by atoms with Crippen molar-refractivity contribution in [2.45, 2.75) is 69.7 Å². The Bertz CT molecular complexity index is 1470. The molecule has 1 aliphatic heterocycles. The third-order valence-corrected chi connectivity index (χ3v) is 9.54. The highest BCUT2D eigenvalue weighted by atomic mass is 32.2. The number of anilines is 1. The Morgan fingerprint density at radius 1 is 1.02 bits per heavy atom. The molecule has 0 saturated heterocycles. The van der Waals surface area contributed by atoms with Gasteiger partial charge in [-0.1, -0.05) is 55.5 Å². The van der Waals surface area contributed by atoms with Crippen LogP contribution in [0.2, 0.25) is 0 Å². The minimum absolute atomic E-state index is 0.0628. The summed E-state index contributed by atoms with van der Waals surface area (Å²) < 4.78 is 41.5. The second kappa shape index (κ2) is 16.2. The largest absolute Gasteiger partial charge is 0.490 e. The first kappa shape index (κ1) is 34.4. The summed E-state index contributed by atoms with van der Waals surface area (Å²) in [6.45, 7) is 7.98. The van der Waals surface area contributed by atoms with Crippen molar-refractivity contribution in [1.29, 1.82) is 0 Å². The van der Waals surface area contributed by atoms with Crippen molar-refractivity contribution >= 4 is 21.6 Å². The zero-order valence-corrected chi connectivity index (χ0v) is 27.6. The van der Waals surface area contributed by atoms with Gasteiger partial charge in [0.05, 0.1) is 35.3 Å². The highest BCUT2D eigenvalue weighted by molar-refractivity contribution is 7.92. The topological polar surface area (TPSA) is 108 Å². The van der Waals surface area contributed by atoms with E-state index in [1.54, 1.807) is 42.2 Å². The van der Waals surface area contributed by atoms with Crippen LogP contribution < -0.4 is 9.46 Å². The van der Waals surface area contributed by atoms with Crippen molar-refractivity contribution in [3.63, 3.8) is 0 Å². The Morgan fingerprint density at radius 2 is 1.71 bits per heavy atom. The van der Waals surface area contributed by atoms with E-state index in [9.17, 15) is 18.3 Å². The van der Waals surface area contributed by atoms with Gasteiger partial charge in [-0.05, 0) is 76.1 Å². The molecule has 244 valence electrons. The second-order valence-electron chi connectivity index (χ2n) is 12.1. The van der Waals surface area contributed by atoms with Gasteiger partial charge in [-0.15, -0.1) is 0 Å². The second-order valence-corrected chi connectivity index (χ2v) is 13.8. The third-order valence-electron chi connectivity index (χ3n) is 8.14. The van der Waals surface area contributed by atoms with Crippen LogP contribution in [0.25, 0.3) is 0 Å². The molecule has 3 aromatic rings. The lowest BCUT2D eigenvalue weighted by molar-refractivity contribution is -0.0177. The van der Waals surface area contributed by atoms with Gasteiger partial charge < -0.3 is 19.5 Å². The van der Waals surface area contributed by atoms with Gasteiger partial charge in [0, 0.05) is 37.8 Å². The Balaban J connectivity index is 1.64. The standard InChI is InChI=1S/C35H47N3O6S/c1-26-22-38(27(2)25-39)35(40)32-21-30(36-45(41,42)31-16-9-6-10-17-31)18-19-33(32)44-28(3)13-11-12-20-43-34(26)24-37(4)23-29-14-7-5-8-15-29/h5-10,14-19,21,26-28,34,36,39H,11-13,20,22-25H2,1-4H3/t26-,27+,28+,34+/m1/s1. The third kappa shape index (κ3) is 9.77. The van der Waals surface area contributed by atoms with Crippen molar-refractivity contribution in [2.24, 2.45) is 5.92 Å². The normalized spacial score (nSPS) is 21.0. The first-order valence-electron chi connectivity index (χ1n) is 15.7. The molecule has 1 heterocycles. The first-order chi connectivity index (χ1) is 21.6. The number of likely N-dealkylation sites (N-methyl/N-ethyl adjacent to an activating group) is 1. The molecule has 0 radical (unpaired) electrons. The lowest BCUT2D eigenvalue weighted by Gasteiger charge is -2.36. The van der Waals surface area contributed by atoms with Gasteiger partial charge in [0.2, 0.25) is 0 Å². The van der Waals surface area contributed by atoms with Crippen LogP contribution in [0.3, 0.4) is 0 Å². The van der Waals surface area contributed by atoms with E-state index in [2.05, 4.69) is 35.7 Å². The predicted octanol–water partition coefficient (Wildman–Crippen LogP) is 5.41. The number of rotatable bonds is 9. The van der Waals surface area contributed by atoms with E-state index in [0.717, 1.165) is 25.8 Å². The fourth-order valence-electron chi connectivity index (χ4n) is 5.53. The first-order valence-corrected chi connectivity index (χ1v) is 17.2. The van der Waals surface area contributed by atoms with E-state index in [4.69, 9.17) is 9.47 Å². The molecule has 0 bridgehead atoms. The number of aliphatic hydroxyl groups excluding tert-OH is 1. The number of carbonyl (C=O) groups is 1. The number of carbonyl (C=O) groups excluding carboxylic acids is 1. The summed E-state index contributed by atoms with van der Waals surface area (Å²) in [7, 11) is -1.81. The molecule has 0 spiro atoms. The maximum absolute atomic E-state index is 14.3. The van der Waals surface area contributed by atoms with Crippen LogP contribution in [-0.2, 0) is 21.3 Å². The summed E-state index contributed by atoms with van der Waals surface area (Å²) in [6.07, 6.45) is 2.21. The number of fused-ring (bicyclic) bond motifs is 1. The molecular weight excluding hydrogens is 590 g/mol. The van der Waals surface area contributed by atoms with E-state index < -0.39 is 16.1 Å². The highest BCUT2D eigenvalue weighted by Gasteiger charge is 2.30. The summed E-state index contributed by atoms with van der Waals surface area (Å²) in [5.74, 6) is -0.0302. The average Bonchev–Trinajstić information content (AvgIpc) is 3.03. The summed E-state index contributed by atoms with van der Waals surface area (Å²) >= 11 is 0. The van der Waals surface area contributed by atoms with Crippen molar-refractivity contribution in [1.82, 2.24) is 9.80 Å². The number of nitrogens with one attached hydrogen (secondary N) is 1. The maximum atomic E-state index is 14.3. The monoisotopic (exact) mass is 637 g/mol. The molecule has 10 heteroatoms. The van der Waals surface area contributed by atoms with Crippen LogP contribution in [0.4, 0.5) is 5.69 Å². The number of sulfonamides is 1. The molecule has 2 N–H and O–H groups in total. The van der Waals surface area contributed by atoms with Crippen LogP contribution >= 0.6 is 0 Å². The minimum atomic E-state index is -3.88. The number of nitrogens with zero attached hydrogens (tertiary/aromatic N) is 2. The summed E-state index contributed by atoms with van der Waals surface area (Å²) in [5, 5.41) is 10.2. The number of ether oxygens (including phenoxy) is 2. The molecule has 4 atom stereocenters. The van der Waals surface area contributed by atoms with Crippen molar-refractivity contribution in [3.05, 3.63) is 90.0 Å². The van der Waals surface area contributed by atoms with E-state index in [1.165, 1.54) is 23.8 Å². The summed E-state index contributed by atoms with van der Waals surface area (Å²) in [4.78, 5) is 18.3. The van der Waals surface area contributed by atoms with E-state index in [1.807, 2.05) is 25.1 Å². The van der Waals surface area contributed by atoms with Crippen LogP contribution in [0.1, 0.15) is 56.0 Å². The van der Waals surface area contributed by atoms with Gasteiger partial charge >= 0.3 is 0 Å². The van der Waals surface area contributed by atoms with Crippen LogP contribution in [0.15, 0.2) is 83.8 Å². The van der Waals surface area contributed by atoms with Gasteiger partial charge in [-0.3, -0.25) is 14.4 Å². The molecule has 1 amide bonds. The molecule has 3 aromatic carbocycles. The van der Waals surface area contributed by atoms with Crippen molar-refractivity contribution in [3.8, 4) is 5.75 Å². The smallest absolute Gasteiger partial charge is 0.261 e. The highest BCUT2D eigenvalue weighted by Crippen LogP contribution is 2.29. The Kier molecular flexibility index (Phi) is 12.4. The van der Waals surface area contributed by atoms with Crippen LogP contribution in [0.5, 0.6) is 5.75 Å². The number of aliphatic hydroxyl groups is 1. The lowest BCUT2D eigenvalue weighted by atomic mass is 10.0. The van der Waals surface area contributed by atoms with E-state index in [0.29, 0.717) is 25.4 Å².